The Hall–Kier alpha value is -2.33. The van der Waals surface area contributed by atoms with Gasteiger partial charge < -0.3 is 25.4 Å². The lowest BCUT2D eigenvalue weighted by Gasteiger charge is -2.37. The van der Waals surface area contributed by atoms with Gasteiger partial charge in [0.05, 0.1) is 24.6 Å². The monoisotopic (exact) mass is 431 g/mol. The van der Waals surface area contributed by atoms with E-state index in [0.717, 1.165) is 0 Å². The SMILES string of the molecule is CNC[C@H]1Oc2ccc(NC(=O)CCC(F)(F)F)cc2C(=O)N([C@H](C)CO)C[C@@H]1C. The summed E-state index contributed by atoms with van der Waals surface area (Å²) in [4.78, 5) is 26.6. The number of rotatable bonds is 7. The predicted molar refractivity (Wildman–Crippen MR) is 105 cm³/mol. The van der Waals surface area contributed by atoms with Gasteiger partial charge in [0.2, 0.25) is 5.91 Å². The number of likely N-dealkylation sites (N-methyl/N-ethyl adjacent to an activating group) is 1. The molecule has 3 atom stereocenters. The van der Waals surface area contributed by atoms with Gasteiger partial charge in [-0.3, -0.25) is 9.59 Å². The van der Waals surface area contributed by atoms with Crippen LogP contribution in [0.1, 0.15) is 37.0 Å². The van der Waals surface area contributed by atoms with Crippen LogP contribution in [0.2, 0.25) is 0 Å². The summed E-state index contributed by atoms with van der Waals surface area (Å²) in [5, 5.41) is 15.0. The van der Waals surface area contributed by atoms with Crippen molar-refractivity contribution < 1.29 is 32.6 Å². The smallest absolute Gasteiger partial charge is 0.389 e. The van der Waals surface area contributed by atoms with Crippen molar-refractivity contribution >= 4 is 17.5 Å². The van der Waals surface area contributed by atoms with E-state index in [1.165, 1.54) is 18.2 Å². The summed E-state index contributed by atoms with van der Waals surface area (Å²) in [6.07, 6.45) is -6.60. The number of halogens is 3. The first-order valence-electron chi connectivity index (χ1n) is 9.79. The maximum atomic E-state index is 13.2. The fourth-order valence-corrected chi connectivity index (χ4v) is 3.22. The number of aliphatic hydroxyl groups is 1. The summed E-state index contributed by atoms with van der Waals surface area (Å²) >= 11 is 0. The number of amides is 2. The Labute approximate surface area is 173 Å². The van der Waals surface area contributed by atoms with Gasteiger partial charge in [0.15, 0.2) is 0 Å². The van der Waals surface area contributed by atoms with Gasteiger partial charge in [0, 0.05) is 31.1 Å². The second-order valence-electron chi connectivity index (χ2n) is 7.55. The van der Waals surface area contributed by atoms with Crippen LogP contribution in [-0.2, 0) is 4.79 Å². The molecule has 1 heterocycles. The molecule has 0 bridgehead atoms. The van der Waals surface area contributed by atoms with Crippen LogP contribution < -0.4 is 15.4 Å². The Morgan fingerprint density at radius 3 is 2.70 bits per heavy atom. The molecule has 0 fully saturated rings. The largest absolute Gasteiger partial charge is 0.488 e. The number of aliphatic hydroxyl groups excluding tert-OH is 1. The standard InChI is InChI=1S/C20H28F3N3O4/c1-12-10-26(13(2)11-27)19(29)15-8-14(25-18(28)6-7-20(21,22)23)4-5-16(15)30-17(12)9-24-3/h4-5,8,12-13,17,24,27H,6-7,9-11H2,1-3H3,(H,25,28)/t12-,13+,17+/m0/s1. The molecule has 0 aromatic heterocycles. The van der Waals surface area contributed by atoms with Crippen molar-refractivity contribution in [2.24, 2.45) is 5.92 Å². The van der Waals surface area contributed by atoms with E-state index in [1.54, 1.807) is 18.9 Å². The van der Waals surface area contributed by atoms with Crippen LogP contribution in [0.15, 0.2) is 18.2 Å². The lowest BCUT2D eigenvalue weighted by atomic mass is 9.99. The summed E-state index contributed by atoms with van der Waals surface area (Å²) in [5.41, 5.74) is 0.380. The molecule has 10 heteroatoms. The quantitative estimate of drug-likeness (QED) is 0.617. The van der Waals surface area contributed by atoms with E-state index in [1.807, 2.05) is 6.92 Å². The predicted octanol–water partition coefficient (Wildman–Crippen LogP) is 2.41. The molecule has 1 aliphatic heterocycles. The van der Waals surface area contributed by atoms with Gasteiger partial charge in [-0.05, 0) is 32.2 Å². The van der Waals surface area contributed by atoms with Gasteiger partial charge in [-0.2, -0.15) is 13.2 Å². The Morgan fingerprint density at radius 2 is 2.10 bits per heavy atom. The molecule has 2 rings (SSSR count). The number of anilines is 1. The minimum absolute atomic E-state index is 0.0229. The van der Waals surface area contributed by atoms with E-state index in [2.05, 4.69) is 10.6 Å². The van der Waals surface area contributed by atoms with Gasteiger partial charge in [0.25, 0.3) is 5.91 Å². The first kappa shape index (κ1) is 23.9. The van der Waals surface area contributed by atoms with E-state index >= 15 is 0 Å². The first-order valence-corrected chi connectivity index (χ1v) is 9.79. The number of ether oxygens (including phenoxy) is 1. The van der Waals surface area contributed by atoms with Gasteiger partial charge >= 0.3 is 6.18 Å². The maximum Gasteiger partial charge on any atom is 0.389 e. The molecule has 1 aromatic carbocycles. The number of fused-ring (bicyclic) bond motifs is 1. The zero-order valence-corrected chi connectivity index (χ0v) is 17.3. The third kappa shape index (κ3) is 6.33. The Bertz CT molecular complexity index is 757. The van der Waals surface area contributed by atoms with Crippen molar-refractivity contribution in [1.29, 1.82) is 0 Å². The van der Waals surface area contributed by atoms with Gasteiger partial charge in [-0.25, -0.2) is 0 Å². The highest BCUT2D eigenvalue weighted by atomic mass is 19.4. The van der Waals surface area contributed by atoms with E-state index in [9.17, 15) is 27.9 Å². The van der Waals surface area contributed by atoms with Crippen molar-refractivity contribution in [3.63, 3.8) is 0 Å². The van der Waals surface area contributed by atoms with E-state index in [4.69, 9.17) is 4.74 Å². The van der Waals surface area contributed by atoms with Crippen LogP contribution in [0.25, 0.3) is 0 Å². The van der Waals surface area contributed by atoms with Crippen molar-refractivity contribution in [3.05, 3.63) is 23.8 Å². The number of nitrogens with one attached hydrogen (secondary N) is 2. The number of nitrogens with zero attached hydrogens (tertiary/aromatic N) is 1. The molecule has 0 saturated carbocycles. The average Bonchev–Trinajstić information content (AvgIpc) is 2.68. The van der Waals surface area contributed by atoms with Crippen LogP contribution in [0.4, 0.5) is 18.9 Å². The number of carbonyl (C=O) groups is 2. The molecule has 0 radical (unpaired) electrons. The van der Waals surface area contributed by atoms with Gasteiger partial charge in [-0.1, -0.05) is 6.92 Å². The van der Waals surface area contributed by atoms with Crippen LogP contribution in [0.3, 0.4) is 0 Å². The fourth-order valence-electron chi connectivity index (χ4n) is 3.22. The molecule has 7 nitrogen and oxygen atoms in total. The average molecular weight is 431 g/mol. The summed E-state index contributed by atoms with van der Waals surface area (Å²) < 4.78 is 43.0. The maximum absolute atomic E-state index is 13.2. The Morgan fingerprint density at radius 1 is 1.40 bits per heavy atom. The van der Waals surface area contributed by atoms with Crippen LogP contribution in [-0.4, -0.2) is 66.9 Å². The molecule has 3 N–H and O–H groups in total. The van der Waals surface area contributed by atoms with Gasteiger partial charge in [-0.15, -0.1) is 0 Å². The highest BCUT2D eigenvalue weighted by Gasteiger charge is 2.33. The molecule has 1 aliphatic rings. The number of hydrogen-bond donors (Lipinski definition) is 3. The zero-order valence-electron chi connectivity index (χ0n) is 17.3. The summed E-state index contributed by atoms with van der Waals surface area (Å²) in [6.45, 7) is 4.34. The molecular weight excluding hydrogens is 403 g/mol. The van der Waals surface area contributed by atoms with Crippen LogP contribution in [0.5, 0.6) is 5.75 Å². The van der Waals surface area contributed by atoms with Gasteiger partial charge in [0.1, 0.15) is 11.9 Å². The summed E-state index contributed by atoms with van der Waals surface area (Å²) in [7, 11) is 1.79. The zero-order chi connectivity index (χ0) is 22.5. The molecule has 0 saturated heterocycles. The second kappa shape index (κ2) is 10.1. The molecule has 0 aliphatic carbocycles. The highest BCUT2D eigenvalue weighted by Crippen LogP contribution is 2.30. The van der Waals surface area contributed by atoms with Crippen molar-refractivity contribution in [2.75, 3.05) is 32.1 Å². The molecule has 1 aromatic rings. The summed E-state index contributed by atoms with van der Waals surface area (Å²) in [6, 6.07) is 3.97. The van der Waals surface area contributed by atoms with Crippen molar-refractivity contribution in [3.8, 4) is 5.75 Å². The number of benzene rings is 1. The van der Waals surface area contributed by atoms with E-state index in [-0.39, 0.29) is 35.8 Å². The third-order valence-electron chi connectivity index (χ3n) is 4.99. The second-order valence-corrected chi connectivity index (χ2v) is 7.55. The molecule has 0 unspecified atom stereocenters. The highest BCUT2D eigenvalue weighted by molar-refractivity contribution is 5.99. The number of carbonyl (C=O) groups excluding carboxylic acids is 2. The summed E-state index contributed by atoms with van der Waals surface area (Å²) in [5.74, 6) is -0.887. The van der Waals surface area contributed by atoms with Crippen LogP contribution in [0, 0.1) is 5.92 Å². The lowest BCUT2D eigenvalue weighted by molar-refractivity contribution is -0.142. The number of hydrogen-bond acceptors (Lipinski definition) is 5. The topological polar surface area (TPSA) is 90.9 Å². The fraction of sp³-hybridized carbons (Fsp3) is 0.600. The normalized spacial score (nSPS) is 20.6. The van der Waals surface area contributed by atoms with Crippen LogP contribution >= 0.6 is 0 Å². The first-order chi connectivity index (χ1) is 14.1. The minimum atomic E-state index is -4.42. The minimum Gasteiger partial charge on any atom is -0.488 e. The molecule has 168 valence electrons. The Balaban J connectivity index is 2.32. The molecule has 2 amide bonds. The van der Waals surface area contributed by atoms with Crippen molar-refractivity contribution in [1.82, 2.24) is 10.2 Å². The molecule has 0 spiro atoms. The third-order valence-corrected chi connectivity index (χ3v) is 4.99. The number of alkyl halides is 3. The van der Waals surface area contributed by atoms with Crippen molar-refractivity contribution in [2.45, 2.75) is 45.0 Å². The molecular formula is C20H28F3N3O4. The van der Waals surface area contributed by atoms with E-state index < -0.39 is 31.0 Å². The van der Waals surface area contributed by atoms with E-state index in [0.29, 0.717) is 18.8 Å². The molecule has 30 heavy (non-hydrogen) atoms. The lowest BCUT2D eigenvalue weighted by Crippen LogP contribution is -2.49. The Kier molecular flexibility index (Phi) is 8.08.